The van der Waals surface area contributed by atoms with E-state index in [-0.39, 0.29) is 25.3 Å². The van der Waals surface area contributed by atoms with Gasteiger partial charge in [0, 0.05) is 24.7 Å². The average Bonchev–Trinajstić information content (AvgIpc) is 3.29. The second kappa shape index (κ2) is 5.79. The van der Waals surface area contributed by atoms with Gasteiger partial charge in [-0.25, -0.2) is 0 Å². The maximum absolute atomic E-state index is 12.7. The van der Waals surface area contributed by atoms with Crippen LogP contribution in [0.15, 0.2) is 36.4 Å². The molecule has 0 aliphatic carbocycles. The van der Waals surface area contributed by atoms with Gasteiger partial charge in [0.15, 0.2) is 18.1 Å². The van der Waals surface area contributed by atoms with E-state index in [2.05, 4.69) is 0 Å². The topological polar surface area (TPSA) is 72.5 Å². The standard InChI is InChI=1S/C20H18O7/c1-22-12-5-3-4-11(6-12)17-13-7-15-16(26-10-25-15)8-14(13)27-20(23-2)9-24-19(21)18(17)20/h3-8,17-18H,9-10H2,1-2H3. The number of rotatable bonds is 3. The van der Waals surface area contributed by atoms with Crippen molar-refractivity contribution in [1.29, 1.82) is 0 Å². The van der Waals surface area contributed by atoms with Crippen LogP contribution in [0.3, 0.4) is 0 Å². The first-order chi connectivity index (χ1) is 13.1. The highest BCUT2D eigenvalue weighted by molar-refractivity contribution is 5.80. The molecule has 0 amide bonds. The average molecular weight is 370 g/mol. The van der Waals surface area contributed by atoms with Crippen molar-refractivity contribution in [3.63, 3.8) is 0 Å². The number of carbonyl (C=O) groups is 1. The predicted octanol–water partition coefficient (Wildman–Crippen LogP) is 2.46. The van der Waals surface area contributed by atoms with Crippen molar-refractivity contribution in [2.75, 3.05) is 27.6 Å². The maximum atomic E-state index is 12.7. The van der Waals surface area contributed by atoms with E-state index < -0.39 is 11.7 Å². The molecule has 2 aromatic rings. The summed E-state index contributed by atoms with van der Waals surface area (Å²) in [5.41, 5.74) is 1.73. The molecule has 3 unspecified atom stereocenters. The highest BCUT2D eigenvalue weighted by Crippen LogP contribution is 2.54. The molecule has 3 heterocycles. The number of ether oxygens (including phenoxy) is 6. The smallest absolute Gasteiger partial charge is 0.317 e. The fraction of sp³-hybridized carbons (Fsp3) is 0.350. The van der Waals surface area contributed by atoms with Crippen LogP contribution in [-0.4, -0.2) is 39.4 Å². The van der Waals surface area contributed by atoms with Crippen LogP contribution in [0, 0.1) is 5.92 Å². The third kappa shape index (κ3) is 2.28. The zero-order valence-electron chi connectivity index (χ0n) is 14.9. The normalized spacial score (nSPS) is 27.4. The summed E-state index contributed by atoms with van der Waals surface area (Å²) in [6.45, 7) is 0.185. The van der Waals surface area contributed by atoms with Crippen molar-refractivity contribution in [3.05, 3.63) is 47.5 Å². The summed E-state index contributed by atoms with van der Waals surface area (Å²) in [6, 6.07) is 11.3. The summed E-state index contributed by atoms with van der Waals surface area (Å²) in [6.07, 6.45) is 0. The summed E-state index contributed by atoms with van der Waals surface area (Å²) in [5, 5.41) is 0. The Balaban J connectivity index is 1.74. The monoisotopic (exact) mass is 370 g/mol. The van der Waals surface area contributed by atoms with Crippen molar-refractivity contribution >= 4 is 5.97 Å². The van der Waals surface area contributed by atoms with Crippen LogP contribution in [0.4, 0.5) is 0 Å². The molecule has 0 radical (unpaired) electrons. The number of fused-ring (bicyclic) bond motifs is 3. The van der Waals surface area contributed by atoms with Crippen molar-refractivity contribution in [2.24, 2.45) is 5.92 Å². The third-order valence-electron chi connectivity index (χ3n) is 5.40. The van der Waals surface area contributed by atoms with Crippen LogP contribution in [0.2, 0.25) is 0 Å². The molecular weight excluding hydrogens is 352 g/mol. The van der Waals surface area contributed by atoms with Gasteiger partial charge in [-0.15, -0.1) is 0 Å². The van der Waals surface area contributed by atoms with Gasteiger partial charge in [-0.05, 0) is 23.8 Å². The van der Waals surface area contributed by atoms with Crippen LogP contribution in [0.1, 0.15) is 17.0 Å². The second-order valence-corrected chi connectivity index (χ2v) is 6.70. The van der Waals surface area contributed by atoms with E-state index in [0.29, 0.717) is 23.0 Å². The fourth-order valence-corrected chi connectivity index (χ4v) is 4.08. The summed E-state index contributed by atoms with van der Waals surface area (Å²) < 4.78 is 33.6. The molecule has 7 heteroatoms. The van der Waals surface area contributed by atoms with Crippen molar-refractivity contribution in [1.82, 2.24) is 0 Å². The Kier molecular flexibility index (Phi) is 3.48. The van der Waals surface area contributed by atoms with Crippen LogP contribution in [-0.2, 0) is 14.3 Å². The molecule has 3 aliphatic rings. The zero-order chi connectivity index (χ0) is 18.6. The number of methoxy groups -OCH3 is 2. The van der Waals surface area contributed by atoms with E-state index in [0.717, 1.165) is 11.1 Å². The van der Waals surface area contributed by atoms with Crippen molar-refractivity contribution < 1.29 is 33.2 Å². The van der Waals surface area contributed by atoms with Gasteiger partial charge in [0.2, 0.25) is 6.79 Å². The van der Waals surface area contributed by atoms with Crippen LogP contribution < -0.4 is 18.9 Å². The first kappa shape index (κ1) is 16.3. The number of hydrogen-bond acceptors (Lipinski definition) is 7. The van der Waals surface area contributed by atoms with Gasteiger partial charge in [-0.1, -0.05) is 12.1 Å². The quantitative estimate of drug-likeness (QED) is 0.769. The molecule has 0 bridgehead atoms. The molecule has 27 heavy (non-hydrogen) atoms. The van der Waals surface area contributed by atoms with Gasteiger partial charge in [0.25, 0.3) is 5.79 Å². The predicted molar refractivity (Wildman–Crippen MR) is 92.2 cm³/mol. The van der Waals surface area contributed by atoms with Gasteiger partial charge in [0.05, 0.1) is 7.11 Å². The second-order valence-electron chi connectivity index (χ2n) is 6.70. The minimum Gasteiger partial charge on any atom is -0.497 e. The third-order valence-corrected chi connectivity index (χ3v) is 5.40. The SMILES string of the molecule is COc1cccc(C2c3cc4c(cc3OC3(OC)COC(=O)C23)OCO4)c1. The summed E-state index contributed by atoms with van der Waals surface area (Å²) in [5.74, 6) is -0.0107. The van der Waals surface area contributed by atoms with Gasteiger partial charge < -0.3 is 28.4 Å². The lowest BCUT2D eigenvalue weighted by atomic mass is 9.75. The van der Waals surface area contributed by atoms with E-state index in [1.807, 2.05) is 30.3 Å². The molecule has 140 valence electrons. The van der Waals surface area contributed by atoms with E-state index in [1.54, 1.807) is 13.2 Å². The van der Waals surface area contributed by atoms with Crippen molar-refractivity contribution in [2.45, 2.75) is 11.7 Å². The Hall–Kier alpha value is -2.93. The molecule has 0 N–H and O–H groups in total. The Morgan fingerprint density at radius 3 is 2.63 bits per heavy atom. The van der Waals surface area contributed by atoms with Gasteiger partial charge in [0.1, 0.15) is 17.4 Å². The van der Waals surface area contributed by atoms with E-state index >= 15 is 0 Å². The molecule has 5 rings (SSSR count). The molecular formula is C20H18O7. The molecule has 1 saturated heterocycles. The lowest BCUT2D eigenvalue weighted by molar-refractivity contribution is -0.195. The Morgan fingerprint density at radius 1 is 1.04 bits per heavy atom. The highest BCUT2D eigenvalue weighted by Gasteiger charge is 2.61. The van der Waals surface area contributed by atoms with Crippen molar-refractivity contribution in [3.8, 4) is 23.0 Å². The number of cyclic esters (lactones) is 1. The lowest BCUT2D eigenvalue weighted by Crippen LogP contribution is -2.51. The summed E-state index contributed by atoms with van der Waals surface area (Å²) in [4.78, 5) is 12.7. The Labute approximate surface area is 155 Å². The first-order valence-corrected chi connectivity index (χ1v) is 8.63. The minimum atomic E-state index is -1.19. The Morgan fingerprint density at radius 2 is 1.85 bits per heavy atom. The van der Waals surface area contributed by atoms with Gasteiger partial charge in [-0.2, -0.15) is 0 Å². The first-order valence-electron chi connectivity index (χ1n) is 8.63. The molecule has 0 spiro atoms. The molecule has 1 fully saturated rings. The molecule has 0 saturated carbocycles. The molecule has 3 atom stereocenters. The highest BCUT2D eigenvalue weighted by atomic mass is 16.7. The fourth-order valence-electron chi connectivity index (χ4n) is 4.08. The number of carbonyl (C=O) groups excluding carboxylic acids is 1. The van der Waals surface area contributed by atoms with Crippen LogP contribution in [0.25, 0.3) is 0 Å². The number of esters is 1. The number of hydrogen-bond donors (Lipinski definition) is 0. The molecule has 2 aromatic carbocycles. The lowest BCUT2D eigenvalue weighted by Gasteiger charge is -2.40. The zero-order valence-corrected chi connectivity index (χ0v) is 14.9. The minimum absolute atomic E-state index is 0.0291. The molecule has 3 aliphatic heterocycles. The van der Waals surface area contributed by atoms with E-state index in [9.17, 15) is 4.79 Å². The van der Waals surface area contributed by atoms with Gasteiger partial charge in [-0.3, -0.25) is 4.79 Å². The van der Waals surface area contributed by atoms with Crippen LogP contribution >= 0.6 is 0 Å². The maximum Gasteiger partial charge on any atom is 0.317 e. The Bertz CT molecular complexity index is 925. The molecule has 7 nitrogen and oxygen atoms in total. The van der Waals surface area contributed by atoms with Gasteiger partial charge >= 0.3 is 5.97 Å². The van der Waals surface area contributed by atoms with E-state index in [4.69, 9.17) is 28.4 Å². The van der Waals surface area contributed by atoms with E-state index in [1.165, 1.54) is 7.11 Å². The number of benzene rings is 2. The largest absolute Gasteiger partial charge is 0.497 e. The summed E-state index contributed by atoms with van der Waals surface area (Å²) in [7, 11) is 3.13. The summed E-state index contributed by atoms with van der Waals surface area (Å²) >= 11 is 0. The molecule has 0 aromatic heterocycles. The van der Waals surface area contributed by atoms with Crippen LogP contribution in [0.5, 0.6) is 23.0 Å².